The van der Waals surface area contributed by atoms with E-state index in [9.17, 15) is 24.8 Å². The average molecular weight is 483 g/mol. The fourth-order valence-electron chi connectivity index (χ4n) is 5.95. The molecule has 8 nitrogen and oxygen atoms in total. The summed E-state index contributed by atoms with van der Waals surface area (Å²) in [6.45, 7) is 11.1. The molecule has 1 aromatic rings. The van der Waals surface area contributed by atoms with Crippen molar-refractivity contribution in [1.29, 1.82) is 0 Å². The summed E-state index contributed by atoms with van der Waals surface area (Å²) in [5.41, 5.74) is 2.36. The number of carbonyl (C=O) groups is 2. The molecule has 188 valence electrons. The Kier molecular flexibility index (Phi) is 6.06. The van der Waals surface area contributed by atoms with E-state index in [1.54, 1.807) is 0 Å². The zero-order valence-corrected chi connectivity index (χ0v) is 21.4. The van der Waals surface area contributed by atoms with E-state index in [1.807, 2.05) is 0 Å². The summed E-state index contributed by atoms with van der Waals surface area (Å²) < 4.78 is 5.25. The minimum absolute atomic E-state index is 0.0405. The number of benzene rings is 1. The number of phenols is 1. The molecule has 0 saturated carbocycles. The number of aromatic hydroxyl groups is 1. The van der Waals surface area contributed by atoms with Gasteiger partial charge in [-0.15, -0.1) is 0 Å². The van der Waals surface area contributed by atoms with Crippen molar-refractivity contribution in [2.45, 2.75) is 72.6 Å². The molecule has 0 fully saturated rings. The van der Waals surface area contributed by atoms with Gasteiger partial charge in [-0.1, -0.05) is 34.6 Å². The first-order valence-electron chi connectivity index (χ1n) is 12.2. The summed E-state index contributed by atoms with van der Waals surface area (Å²) in [4.78, 5) is 40.7. The smallest absolute Gasteiger partial charge is 0.314 e. The van der Waals surface area contributed by atoms with Crippen molar-refractivity contribution in [2.24, 2.45) is 10.8 Å². The molecule has 1 aliphatic heterocycles. The molecule has 35 heavy (non-hydrogen) atoms. The molecular weight excluding hydrogens is 448 g/mol. The maximum absolute atomic E-state index is 13.7. The highest BCUT2D eigenvalue weighted by molar-refractivity contribution is 6.07. The van der Waals surface area contributed by atoms with Crippen molar-refractivity contribution in [1.82, 2.24) is 4.90 Å². The summed E-state index contributed by atoms with van der Waals surface area (Å²) in [5, 5.41) is 22.1. The van der Waals surface area contributed by atoms with Crippen molar-refractivity contribution >= 4 is 17.3 Å². The Bertz CT molecular complexity index is 1140. The van der Waals surface area contributed by atoms with Crippen LogP contribution in [-0.2, 0) is 9.59 Å². The number of nitrogens with zero attached hydrogens (tertiary/aromatic N) is 2. The standard InChI is InChI=1S/C27H34N2O6/c1-7-8-28-17-11-26(2,3)13-19(30)23(17)22(24-18(28)12-27(4,5)14-20(24)31)15-9-16(29(33)34)25(32)21(10-15)35-6/h9-10,22,32H,7-8,11-14H2,1-6H3. The van der Waals surface area contributed by atoms with Crippen LogP contribution in [0.15, 0.2) is 34.7 Å². The lowest BCUT2D eigenvalue weighted by Gasteiger charge is -2.49. The Hall–Kier alpha value is -3.16. The van der Waals surface area contributed by atoms with E-state index in [2.05, 4.69) is 39.5 Å². The zero-order valence-electron chi connectivity index (χ0n) is 21.4. The minimum Gasteiger partial charge on any atom is -0.500 e. The topological polar surface area (TPSA) is 110 Å². The van der Waals surface area contributed by atoms with Gasteiger partial charge in [-0.05, 0) is 41.7 Å². The molecule has 0 bridgehead atoms. The van der Waals surface area contributed by atoms with Crippen molar-refractivity contribution in [3.63, 3.8) is 0 Å². The lowest BCUT2D eigenvalue weighted by atomic mass is 9.63. The lowest BCUT2D eigenvalue weighted by Crippen LogP contribution is -2.44. The van der Waals surface area contributed by atoms with Crippen molar-refractivity contribution in [2.75, 3.05) is 13.7 Å². The van der Waals surface area contributed by atoms with Crippen LogP contribution in [0.1, 0.15) is 78.2 Å². The highest BCUT2D eigenvalue weighted by Crippen LogP contribution is 2.55. The molecule has 0 atom stereocenters. The maximum Gasteiger partial charge on any atom is 0.314 e. The van der Waals surface area contributed by atoms with E-state index < -0.39 is 22.3 Å². The Morgan fingerprint density at radius 2 is 1.54 bits per heavy atom. The van der Waals surface area contributed by atoms with E-state index in [0.29, 0.717) is 48.9 Å². The highest BCUT2D eigenvalue weighted by atomic mass is 16.6. The van der Waals surface area contributed by atoms with Gasteiger partial charge in [0.1, 0.15) is 0 Å². The van der Waals surface area contributed by atoms with Crippen molar-refractivity contribution < 1.29 is 24.4 Å². The number of hydrogen-bond acceptors (Lipinski definition) is 7. The van der Waals surface area contributed by atoms with E-state index in [0.717, 1.165) is 17.8 Å². The quantitative estimate of drug-likeness (QED) is 0.442. The van der Waals surface area contributed by atoms with Gasteiger partial charge in [-0.2, -0.15) is 0 Å². The third-order valence-corrected chi connectivity index (χ3v) is 7.30. The van der Waals surface area contributed by atoms with Gasteiger partial charge < -0.3 is 14.7 Å². The normalized spacial score (nSPS) is 21.7. The van der Waals surface area contributed by atoms with Crippen LogP contribution in [-0.4, -0.2) is 40.2 Å². The molecule has 1 N–H and O–H groups in total. The Morgan fingerprint density at radius 1 is 1.03 bits per heavy atom. The monoisotopic (exact) mass is 482 g/mol. The molecule has 8 heteroatoms. The zero-order chi connectivity index (χ0) is 25.9. The second-order valence-corrected chi connectivity index (χ2v) is 11.5. The summed E-state index contributed by atoms with van der Waals surface area (Å²) in [7, 11) is 1.32. The summed E-state index contributed by atoms with van der Waals surface area (Å²) in [5.74, 6) is -1.43. The van der Waals surface area contributed by atoms with Gasteiger partial charge in [0, 0.05) is 53.9 Å². The van der Waals surface area contributed by atoms with Crippen LogP contribution in [0.25, 0.3) is 0 Å². The number of rotatable bonds is 5. The molecule has 1 heterocycles. The van der Waals surface area contributed by atoms with Crippen LogP contribution in [0.2, 0.25) is 0 Å². The van der Waals surface area contributed by atoms with Gasteiger partial charge in [0.2, 0.25) is 5.75 Å². The maximum atomic E-state index is 13.7. The van der Waals surface area contributed by atoms with Crippen LogP contribution in [0.5, 0.6) is 11.5 Å². The fraction of sp³-hybridized carbons (Fsp3) is 0.556. The van der Waals surface area contributed by atoms with E-state index in [4.69, 9.17) is 4.74 Å². The number of methoxy groups -OCH3 is 1. The number of allylic oxidation sites excluding steroid dienone is 4. The number of Topliss-reactive ketones (excluding diaryl/α,β-unsaturated/α-hetero) is 2. The molecular formula is C27H34N2O6. The second kappa shape index (κ2) is 8.50. The SMILES string of the molecule is CCCN1C2=C(C(=O)CC(C)(C)C2)C(c2cc(OC)c(O)c([N+](=O)[O-])c2)C2=C1CC(C)(C)CC2=O. The first-order chi connectivity index (χ1) is 16.3. The van der Waals surface area contributed by atoms with Crippen LogP contribution < -0.4 is 4.74 Å². The molecule has 2 aliphatic carbocycles. The Labute approximate surface area is 205 Å². The Morgan fingerprint density at radius 3 is 1.97 bits per heavy atom. The van der Waals surface area contributed by atoms with Crippen LogP contribution in [0, 0.1) is 20.9 Å². The van der Waals surface area contributed by atoms with E-state index in [-0.39, 0.29) is 28.1 Å². The number of hydrogen-bond donors (Lipinski definition) is 1. The summed E-state index contributed by atoms with van der Waals surface area (Å²) in [6.07, 6.45) is 2.87. The summed E-state index contributed by atoms with van der Waals surface area (Å²) in [6, 6.07) is 2.81. The van der Waals surface area contributed by atoms with Crippen molar-refractivity contribution in [3.8, 4) is 11.5 Å². The average Bonchev–Trinajstić information content (AvgIpc) is 2.73. The van der Waals surface area contributed by atoms with Gasteiger partial charge in [0.25, 0.3) is 0 Å². The molecule has 0 radical (unpaired) electrons. The van der Waals surface area contributed by atoms with Gasteiger partial charge in [-0.25, -0.2) is 0 Å². The van der Waals surface area contributed by atoms with Crippen LogP contribution in [0.4, 0.5) is 5.69 Å². The predicted molar refractivity (Wildman–Crippen MR) is 131 cm³/mol. The second-order valence-electron chi connectivity index (χ2n) is 11.5. The first kappa shape index (κ1) is 24.9. The van der Waals surface area contributed by atoms with Gasteiger partial charge in [-0.3, -0.25) is 19.7 Å². The molecule has 0 saturated heterocycles. The lowest BCUT2D eigenvalue weighted by molar-refractivity contribution is -0.386. The number of ketones is 2. The minimum atomic E-state index is -0.728. The number of carbonyl (C=O) groups excluding carboxylic acids is 2. The molecule has 0 amide bonds. The van der Waals surface area contributed by atoms with Crippen LogP contribution in [0.3, 0.4) is 0 Å². The molecule has 4 rings (SSSR count). The number of nitro benzene ring substituents is 1. The fourth-order valence-corrected chi connectivity index (χ4v) is 5.95. The summed E-state index contributed by atoms with van der Waals surface area (Å²) >= 11 is 0. The molecule has 3 aliphatic rings. The predicted octanol–water partition coefficient (Wildman–Crippen LogP) is 5.40. The number of ether oxygens (including phenoxy) is 1. The van der Waals surface area contributed by atoms with E-state index >= 15 is 0 Å². The third kappa shape index (κ3) is 4.23. The Balaban J connectivity index is 2.06. The molecule has 1 aromatic carbocycles. The number of phenolic OH excluding ortho intramolecular Hbond substituents is 1. The van der Waals surface area contributed by atoms with Crippen LogP contribution >= 0.6 is 0 Å². The first-order valence-corrected chi connectivity index (χ1v) is 12.2. The molecule has 0 aromatic heterocycles. The number of nitro groups is 1. The molecule has 0 spiro atoms. The largest absolute Gasteiger partial charge is 0.500 e. The molecule has 0 unspecified atom stereocenters. The van der Waals surface area contributed by atoms with Crippen molar-refractivity contribution in [3.05, 3.63) is 50.4 Å². The van der Waals surface area contributed by atoms with E-state index in [1.165, 1.54) is 19.2 Å². The third-order valence-electron chi connectivity index (χ3n) is 7.30. The van der Waals surface area contributed by atoms with Gasteiger partial charge in [0.05, 0.1) is 12.0 Å². The highest BCUT2D eigenvalue weighted by Gasteiger charge is 2.49. The van der Waals surface area contributed by atoms with Gasteiger partial charge in [0.15, 0.2) is 17.3 Å². The van der Waals surface area contributed by atoms with Gasteiger partial charge >= 0.3 is 5.69 Å².